The number of carbonyl (C=O) groups is 1. The monoisotopic (exact) mass is 380 g/mol. The molecule has 3 aromatic rings. The number of nitrogens with zero attached hydrogens (tertiary/aromatic N) is 2. The van der Waals surface area contributed by atoms with Crippen molar-refractivity contribution in [1.29, 1.82) is 0 Å². The molecule has 0 unspecified atom stereocenters. The molecule has 0 saturated carbocycles. The molecule has 1 aromatic carbocycles. The van der Waals surface area contributed by atoms with Crippen LogP contribution in [0.3, 0.4) is 0 Å². The molecule has 0 radical (unpaired) electrons. The van der Waals surface area contributed by atoms with Gasteiger partial charge in [-0.15, -0.1) is 11.3 Å². The maximum atomic E-state index is 12.2. The largest absolute Gasteiger partial charge is 0.496 e. The molecule has 140 valence electrons. The van der Waals surface area contributed by atoms with E-state index in [4.69, 9.17) is 9.72 Å². The number of aromatic nitrogens is 2. The van der Waals surface area contributed by atoms with Gasteiger partial charge in [-0.05, 0) is 59.9 Å². The maximum absolute atomic E-state index is 12.2. The van der Waals surface area contributed by atoms with Gasteiger partial charge in [0.1, 0.15) is 11.4 Å². The first-order valence-corrected chi connectivity index (χ1v) is 10.2. The zero-order chi connectivity index (χ0) is 19.1. The predicted molar refractivity (Wildman–Crippen MR) is 109 cm³/mol. The Morgan fingerprint density at radius 3 is 2.78 bits per heavy atom. The lowest BCUT2D eigenvalue weighted by Gasteiger charge is -2.24. The first kappa shape index (κ1) is 18.0. The molecule has 0 N–H and O–H groups in total. The number of Topliss-reactive ketones (excluding diaryl/α,β-unsaturated/α-hetero) is 1. The minimum Gasteiger partial charge on any atom is -0.496 e. The number of hydrogen-bond acceptors (Lipinski definition) is 4. The van der Waals surface area contributed by atoms with E-state index in [2.05, 4.69) is 36.6 Å². The van der Waals surface area contributed by atoms with E-state index >= 15 is 0 Å². The average Bonchev–Trinajstić information content (AvgIpc) is 3.28. The van der Waals surface area contributed by atoms with Crippen LogP contribution in [0.5, 0.6) is 5.75 Å². The Labute approximate surface area is 163 Å². The van der Waals surface area contributed by atoms with Crippen molar-refractivity contribution >= 4 is 17.1 Å². The molecule has 5 heteroatoms. The van der Waals surface area contributed by atoms with Crippen molar-refractivity contribution < 1.29 is 9.53 Å². The summed E-state index contributed by atoms with van der Waals surface area (Å²) in [5.74, 6) is 2.38. The third kappa shape index (κ3) is 3.10. The quantitative estimate of drug-likeness (QED) is 0.578. The molecule has 1 aliphatic rings. The molecule has 4 nitrogen and oxygen atoms in total. The van der Waals surface area contributed by atoms with Gasteiger partial charge in [0.2, 0.25) is 0 Å². The average molecular weight is 381 g/mol. The number of carbonyl (C=O) groups excluding carboxylic acids is 1. The first-order chi connectivity index (χ1) is 13.0. The molecule has 0 bridgehead atoms. The van der Waals surface area contributed by atoms with Gasteiger partial charge in [0.25, 0.3) is 0 Å². The second kappa shape index (κ2) is 6.97. The van der Waals surface area contributed by atoms with E-state index < -0.39 is 0 Å². The van der Waals surface area contributed by atoms with Crippen LogP contribution in [-0.4, -0.2) is 22.4 Å². The fourth-order valence-corrected chi connectivity index (χ4v) is 4.60. The van der Waals surface area contributed by atoms with Crippen LogP contribution >= 0.6 is 11.3 Å². The van der Waals surface area contributed by atoms with Crippen LogP contribution in [0.2, 0.25) is 0 Å². The Hall–Kier alpha value is -2.40. The second-order valence-corrected chi connectivity index (χ2v) is 8.44. The number of ether oxygens (including phenoxy) is 1. The van der Waals surface area contributed by atoms with E-state index in [0.29, 0.717) is 11.6 Å². The van der Waals surface area contributed by atoms with Crippen molar-refractivity contribution in [2.45, 2.75) is 40.0 Å². The summed E-state index contributed by atoms with van der Waals surface area (Å²) in [6, 6.07) is 8.50. The standard InChI is InChI=1S/C22H24N2O2S/c1-13(2)10-16-11-18-15(12-19(16)26-4)7-8-17-21(14(3)25)23-22(24(17)18)20-6-5-9-27-20/h5-6,9,11-13H,7-8,10H2,1-4H3. The number of imidazole rings is 1. The van der Waals surface area contributed by atoms with Crippen molar-refractivity contribution in [3.63, 3.8) is 0 Å². The summed E-state index contributed by atoms with van der Waals surface area (Å²) in [6.45, 7) is 6.04. The van der Waals surface area contributed by atoms with Crippen molar-refractivity contribution in [1.82, 2.24) is 9.55 Å². The molecular formula is C22H24N2O2S. The second-order valence-electron chi connectivity index (χ2n) is 7.49. The number of benzene rings is 1. The van der Waals surface area contributed by atoms with Crippen molar-refractivity contribution in [2.24, 2.45) is 5.92 Å². The Bertz CT molecular complexity index is 1000. The smallest absolute Gasteiger partial charge is 0.180 e. The summed E-state index contributed by atoms with van der Waals surface area (Å²) in [4.78, 5) is 18.1. The molecule has 0 fully saturated rings. The lowest BCUT2D eigenvalue weighted by atomic mass is 9.94. The molecule has 0 amide bonds. The normalized spacial score (nSPS) is 12.8. The lowest BCUT2D eigenvalue weighted by Crippen LogP contribution is -2.15. The number of thiophene rings is 1. The van der Waals surface area contributed by atoms with Gasteiger partial charge in [-0.3, -0.25) is 9.36 Å². The van der Waals surface area contributed by atoms with Gasteiger partial charge >= 0.3 is 0 Å². The number of fused-ring (bicyclic) bond motifs is 3. The SMILES string of the molecule is COc1cc2c(cc1CC(C)C)-n1c(-c3cccs3)nc(C(C)=O)c1CC2. The molecule has 4 rings (SSSR count). The van der Waals surface area contributed by atoms with Crippen LogP contribution in [0.25, 0.3) is 16.4 Å². The third-order valence-electron chi connectivity index (χ3n) is 5.03. The van der Waals surface area contributed by atoms with Gasteiger partial charge in [-0.1, -0.05) is 19.9 Å². The van der Waals surface area contributed by atoms with Crippen LogP contribution in [0, 0.1) is 5.92 Å². The van der Waals surface area contributed by atoms with E-state index in [0.717, 1.165) is 47.1 Å². The van der Waals surface area contributed by atoms with E-state index in [1.165, 1.54) is 11.1 Å². The summed E-state index contributed by atoms with van der Waals surface area (Å²) >= 11 is 1.65. The first-order valence-electron chi connectivity index (χ1n) is 9.36. The van der Waals surface area contributed by atoms with Crippen LogP contribution in [0.15, 0.2) is 29.6 Å². The van der Waals surface area contributed by atoms with E-state index in [9.17, 15) is 4.79 Å². The molecular weight excluding hydrogens is 356 g/mol. The predicted octanol–water partition coefficient (Wildman–Crippen LogP) is 5.11. The molecule has 0 spiro atoms. The molecule has 3 heterocycles. The van der Waals surface area contributed by atoms with Crippen LogP contribution in [0.1, 0.15) is 48.1 Å². The zero-order valence-electron chi connectivity index (χ0n) is 16.2. The van der Waals surface area contributed by atoms with E-state index in [1.54, 1.807) is 25.4 Å². The summed E-state index contributed by atoms with van der Waals surface area (Å²) in [7, 11) is 1.74. The topological polar surface area (TPSA) is 44.1 Å². The van der Waals surface area contributed by atoms with E-state index in [-0.39, 0.29) is 5.78 Å². The van der Waals surface area contributed by atoms with Gasteiger partial charge < -0.3 is 4.74 Å². The number of ketones is 1. The number of methoxy groups -OCH3 is 1. The summed E-state index contributed by atoms with van der Waals surface area (Å²) < 4.78 is 7.87. The highest BCUT2D eigenvalue weighted by Gasteiger charge is 2.28. The Balaban J connectivity index is 1.97. The molecule has 27 heavy (non-hydrogen) atoms. The molecule has 2 aromatic heterocycles. The van der Waals surface area contributed by atoms with Gasteiger partial charge in [0, 0.05) is 6.92 Å². The molecule has 0 atom stereocenters. The maximum Gasteiger partial charge on any atom is 0.180 e. The van der Waals surface area contributed by atoms with E-state index in [1.807, 2.05) is 11.4 Å². The zero-order valence-corrected chi connectivity index (χ0v) is 17.0. The Kier molecular flexibility index (Phi) is 4.64. The number of hydrogen-bond donors (Lipinski definition) is 0. The van der Waals surface area contributed by atoms with Crippen molar-refractivity contribution in [3.8, 4) is 22.1 Å². The Morgan fingerprint density at radius 1 is 1.33 bits per heavy atom. The van der Waals surface area contributed by atoms with Crippen LogP contribution < -0.4 is 4.74 Å². The van der Waals surface area contributed by atoms with Gasteiger partial charge in [-0.25, -0.2) is 4.98 Å². The summed E-state index contributed by atoms with van der Waals surface area (Å²) in [6.07, 6.45) is 2.66. The highest BCUT2D eigenvalue weighted by molar-refractivity contribution is 7.13. The molecule has 0 aliphatic carbocycles. The van der Waals surface area contributed by atoms with Gasteiger partial charge in [0.05, 0.1) is 23.4 Å². The number of aryl methyl sites for hydroxylation is 1. The molecule has 1 aliphatic heterocycles. The van der Waals surface area contributed by atoms with Crippen LogP contribution in [-0.2, 0) is 19.3 Å². The van der Waals surface area contributed by atoms with Gasteiger partial charge in [0.15, 0.2) is 11.6 Å². The highest BCUT2D eigenvalue weighted by Crippen LogP contribution is 2.38. The molecule has 0 saturated heterocycles. The summed E-state index contributed by atoms with van der Waals surface area (Å²) in [5, 5.41) is 2.05. The van der Waals surface area contributed by atoms with Crippen molar-refractivity contribution in [3.05, 3.63) is 52.2 Å². The van der Waals surface area contributed by atoms with Crippen LogP contribution in [0.4, 0.5) is 0 Å². The minimum absolute atomic E-state index is 0.0286. The Morgan fingerprint density at radius 2 is 2.15 bits per heavy atom. The fourth-order valence-electron chi connectivity index (χ4n) is 3.90. The van der Waals surface area contributed by atoms with Gasteiger partial charge in [-0.2, -0.15) is 0 Å². The minimum atomic E-state index is 0.0286. The highest BCUT2D eigenvalue weighted by atomic mass is 32.1. The summed E-state index contributed by atoms with van der Waals surface area (Å²) in [5.41, 5.74) is 5.21. The third-order valence-corrected chi connectivity index (χ3v) is 5.90. The van der Waals surface area contributed by atoms with Crippen molar-refractivity contribution in [2.75, 3.05) is 7.11 Å². The number of rotatable bonds is 5. The fraction of sp³-hybridized carbons (Fsp3) is 0.364. The lowest BCUT2D eigenvalue weighted by molar-refractivity contribution is 0.101.